The second-order valence-corrected chi connectivity index (χ2v) is 8.37. The third kappa shape index (κ3) is 4.78. The molecule has 0 aliphatic carbocycles. The van der Waals surface area contributed by atoms with Crippen molar-refractivity contribution in [1.29, 1.82) is 0 Å². The number of hydrogen-bond acceptors (Lipinski definition) is 5. The quantitative estimate of drug-likeness (QED) is 0.247. The molecule has 0 unspecified atom stereocenters. The van der Waals surface area contributed by atoms with Crippen LogP contribution < -0.4 is 4.74 Å². The van der Waals surface area contributed by atoms with Gasteiger partial charge in [0, 0.05) is 23.7 Å². The van der Waals surface area contributed by atoms with E-state index in [9.17, 15) is 0 Å². The third-order valence-electron chi connectivity index (χ3n) is 4.32. The second-order valence-electron chi connectivity index (χ2n) is 6.49. The van der Waals surface area contributed by atoms with Crippen LogP contribution in [0.25, 0.3) is 17.1 Å². The molecule has 0 aliphatic rings. The lowest BCUT2D eigenvalue weighted by atomic mass is 10.2. The average Bonchev–Trinajstić information content (AvgIpc) is 3.19. The Hall–Kier alpha value is -2.54. The minimum Gasteiger partial charge on any atom is -0.493 e. The SMILES string of the molecule is Cc1ccc(OCCSc2nnc(-c3cccnc3)n2-c2ccc(Cl)c(Cl)c2)cc1. The van der Waals surface area contributed by atoms with Crippen molar-refractivity contribution >= 4 is 35.0 Å². The number of rotatable bonds is 7. The van der Waals surface area contributed by atoms with Crippen LogP contribution in [-0.2, 0) is 0 Å². The molecular weight excluding hydrogens is 439 g/mol. The zero-order valence-corrected chi connectivity index (χ0v) is 18.5. The number of thioether (sulfide) groups is 1. The number of nitrogens with zero attached hydrogens (tertiary/aromatic N) is 4. The van der Waals surface area contributed by atoms with Gasteiger partial charge in [-0.1, -0.05) is 52.7 Å². The maximum Gasteiger partial charge on any atom is 0.196 e. The number of aromatic nitrogens is 4. The van der Waals surface area contributed by atoms with Gasteiger partial charge in [0.2, 0.25) is 0 Å². The summed E-state index contributed by atoms with van der Waals surface area (Å²) in [6, 6.07) is 17.3. The van der Waals surface area contributed by atoms with E-state index in [4.69, 9.17) is 27.9 Å². The van der Waals surface area contributed by atoms with Gasteiger partial charge in [0.1, 0.15) is 5.75 Å². The van der Waals surface area contributed by atoms with Gasteiger partial charge in [0.15, 0.2) is 11.0 Å². The van der Waals surface area contributed by atoms with Gasteiger partial charge in [0.25, 0.3) is 0 Å². The van der Waals surface area contributed by atoms with Crippen LogP contribution in [0.1, 0.15) is 5.56 Å². The Balaban J connectivity index is 1.57. The van der Waals surface area contributed by atoms with Crippen LogP contribution in [-0.4, -0.2) is 32.1 Å². The van der Waals surface area contributed by atoms with E-state index in [1.165, 1.54) is 5.56 Å². The van der Waals surface area contributed by atoms with E-state index < -0.39 is 0 Å². The van der Waals surface area contributed by atoms with E-state index in [-0.39, 0.29) is 0 Å². The van der Waals surface area contributed by atoms with E-state index in [2.05, 4.69) is 22.1 Å². The van der Waals surface area contributed by atoms with Crippen LogP contribution in [0.2, 0.25) is 10.0 Å². The van der Waals surface area contributed by atoms with E-state index in [0.717, 1.165) is 22.2 Å². The number of hydrogen-bond donors (Lipinski definition) is 0. The summed E-state index contributed by atoms with van der Waals surface area (Å²) in [5.74, 6) is 2.24. The molecule has 2 aromatic heterocycles. The lowest BCUT2D eigenvalue weighted by Crippen LogP contribution is -2.03. The number of ether oxygens (including phenoxy) is 1. The summed E-state index contributed by atoms with van der Waals surface area (Å²) in [7, 11) is 0. The first kappa shape index (κ1) is 20.7. The van der Waals surface area contributed by atoms with Crippen LogP contribution >= 0.6 is 35.0 Å². The van der Waals surface area contributed by atoms with Gasteiger partial charge in [-0.05, 0) is 49.4 Å². The van der Waals surface area contributed by atoms with E-state index >= 15 is 0 Å². The Morgan fingerprint density at radius 3 is 2.57 bits per heavy atom. The molecule has 0 bridgehead atoms. The molecule has 0 amide bonds. The molecule has 0 fully saturated rings. The van der Waals surface area contributed by atoms with Gasteiger partial charge >= 0.3 is 0 Å². The summed E-state index contributed by atoms with van der Waals surface area (Å²) in [5, 5.41) is 10.5. The molecule has 5 nitrogen and oxygen atoms in total. The molecule has 0 radical (unpaired) electrons. The van der Waals surface area contributed by atoms with Gasteiger partial charge in [-0.25, -0.2) is 0 Å². The molecule has 0 atom stereocenters. The Kier molecular flexibility index (Phi) is 6.57. The fourth-order valence-electron chi connectivity index (χ4n) is 2.83. The standard InChI is InChI=1S/C22H18Cl2N4OS/c1-15-4-7-18(8-5-15)29-11-12-30-22-27-26-21(16-3-2-10-25-14-16)28(22)17-6-9-19(23)20(24)13-17/h2-10,13-14H,11-12H2,1H3. The molecule has 0 N–H and O–H groups in total. The largest absolute Gasteiger partial charge is 0.493 e. The Labute approximate surface area is 189 Å². The summed E-state index contributed by atoms with van der Waals surface area (Å²) in [6.07, 6.45) is 3.48. The smallest absolute Gasteiger partial charge is 0.196 e. The van der Waals surface area contributed by atoms with E-state index in [1.54, 1.807) is 36.3 Å². The number of benzene rings is 2. The monoisotopic (exact) mass is 456 g/mol. The zero-order chi connectivity index (χ0) is 20.9. The van der Waals surface area contributed by atoms with Crippen molar-refractivity contribution in [3.63, 3.8) is 0 Å². The van der Waals surface area contributed by atoms with Crippen LogP contribution in [0, 0.1) is 6.92 Å². The molecule has 4 rings (SSSR count). The molecule has 152 valence electrons. The molecule has 0 saturated heterocycles. The highest BCUT2D eigenvalue weighted by molar-refractivity contribution is 7.99. The van der Waals surface area contributed by atoms with Crippen LogP contribution in [0.5, 0.6) is 5.75 Å². The molecule has 30 heavy (non-hydrogen) atoms. The maximum atomic E-state index is 6.26. The lowest BCUT2D eigenvalue weighted by molar-refractivity contribution is 0.344. The van der Waals surface area contributed by atoms with Crippen molar-refractivity contribution in [3.8, 4) is 22.8 Å². The highest BCUT2D eigenvalue weighted by Gasteiger charge is 2.17. The topological polar surface area (TPSA) is 52.8 Å². The van der Waals surface area contributed by atoms with E-state index in [1.807, 2.05) is 47.0 Å². The summed E-state index contributed by atoms with van der Waals surface area (Å²) in [6.45, 7) is 2.60. The first-order chi connectivity index (χ1) is 14.6. The summed E-state index contributed by atoms with van der Waals surface area (Å²) < 4.78 is 7.78. The second kappa shape index (κ2) is 9.51. The van der Waals surface area contributed by atoms with Crippen molar-refractivity contribution in [3.05, 3.63) is 82.6 Å². The zero-order valence-electron chi connectivity index (χ0n) is 16.1. The Bertz CT molecular complexity index is 1130. The fraction of sp³-hybridized carbons (Fsp3) is 0.136. The van der Waals surface area contributed by atoms with Crippen molar-refractivity contribution in [2.45, 2.75) is 12.1 Å². The predicted octanol–water partition coefficient (Wildman–Crippen LogP) is 6.12. The molecule has 2 heterocycles. The van der Waals surface area contributed by atoms with Crippen molar-refractivity contribution in [2.75, 3.05) is 12.4 Å². The van der Waals surface area contributed by atoms with E-state index in [0.29, 0.717) is 28.2 Å². The van der Waals surface area contributed by atoms with Gasteiger partial charge in [-0.3, -0.25) is 9.55 Å². The first-order valence-electron chi connectivity index (χ1n) is 9.25. The highest BCUT2D eigenvalue weighted by atomic mass is 35.5. The van der Waals surface area contributed by atoms with Gasteiger partial charge in [-0.15, -0.1) is 10.2 Å². The minimum atomic E-state index is 0.471. The molecule has 4 aromatic rings. The summed E-state index contributed by atoms with van der Waals surface area (Å²) in [5.41, 5.74) is 2.89. The molecule has 0 aliphatic heterocycles. The average molecular weight is 457 g/mol. The van der Waals surface area contributed by atoms with Gasteiger partial charge < -0.3 is 4.74 Å². The molecule has 0 saturated carbocycles. The first-order valence-corrected chi connectivity index (χ1v) is 11.0. The van der Waals surface area contributed by atoms with Gasteiger partial charge in [0.05, 0.1) is 22.3 Å². The number of halogens is 2. The predicted molar refractivity (Wildman–Crippen MR) is 122 cm³/mol. The van der Waals surface area contributed by atoms with Crippen LogP contribution in [0.4, 0.5) is 0 Å². The Morgan fingerprint density at radius 1 is 1.00 bits per heavy atom. The fourth-order valence-corrected chi connectivity index (χ4v) is 3.89. The van der Waals surface area contributed by atoms with Crippen molar-refractivity contribution in [2.24, 2.45) is 0 Å². The van der Waals surface area contributed by atoms with Crippen molar-refractivity contribution in [1.82, 2.24) is 19.7 Å². The third-order valence-corrected chi connectivity index (χ3v) is 5.95. The highest BCUT2D eigenvalue weighted by Crippen LogP contribution is 2.31. The van der Waals surface area contributed by atoms with Crippen molar-refractivity contribution < 1.29 is 4.74 Å². The van der Waals surface area contributed by atoms with Crippen LogP contribution in [0.15, 0.2) is 72.1 Å². The normalized spacial score (nSPS) is 10.9. The lowest BCUT2D eigenvalue weighted by Gasteiger charge is -2.11. The Morgan fingerprint density at radius 2 is 1.83 bits per heavy atom. The molecule has 2 aromatic carbocycles. The molecule has 8 heteroatoms. The van der Waals surface area contributed by atoms with Gasteiger partial charge in [-0.2, -0.15) is 0 Å². The molecular formula is C22H18Cl2N4OS. The minimum absolute atomic E-state index is 0.471. The molecule has 0 spiro atoms. The maximum absolute atomic E-state index is 6.26. The summed E-state index contributed by atoms with van der Waals surface area (Å²) >= 11 is 13.9. The summed E-state index contributed by atoms with van der Waals surface area (Å²) in [4.78, 5) is 4.20. The van der Waals surface area contributed by atoms with Crippen LogP contribution in [0.3, 0.4) is 0 Å². The number of pyridine rings is 1. The number of aryl methyl sites for hydroxylation is 1.